The molecule has 0 atom stereocenters. The molecule has 2 fully saturated rings. The van der Waals surface area contributed by atoms with Gasteiger partial charge in [-0.05, 0) is 55.1 Å². The maximum Gasteiger partial charge on any atom is 0.573 e. The van der Waals surface area contributed by atoms with E-state index in [2.05, 4.69) is 15.0 Å². The van der Waals surface area contributed by atoms with Crippen LogP contribution in [0.1, 0.15) is 24.8 Å². The first-order chi connectivity index (χ1) is 16.7. The largest absolute Gasteiger partial charge is 0.573 e. The standard InChI is InChI=1S/C25H28F3N3O3S/c1-33-20-7-4-6-19(16-20)29-23(35)30-12-9-24(10-13-30)11-14-31(17-24)22(32)15-18-5-2-3-8-21(18)34-25(26,27)28/h2-8,16H,9-15,17H2,1H3,(H,29,35). The number of nitrogens with one attached hydrogen (secondary N) is 1. The van der Waals surface area contributed by atoms with E-state index < -0.39 is 6.36 Å². The van der Waals surface area contributed by atoms with Crippen molar-refractivity contribution in [3.63, 3.8) is 0 Å². The lowest BCUT2D eigenvalue weighted by Crippen LogP contribution is -2.46. The molecule has 1 amide bonds. The molecule has 188 valence electrons. The molecule has 2 aliphatic heterocycles. The van der Waals surface area contributed by atoms with Crippen molar-refractivity contribution in [3.8, 4) is 11.5 Å². The van der Waals surface area contributed by atoms with Crippen LogP contribution in [0.15, 0.2) is 48.5 Å². The first-order valence-electron chi connectivity index (χ1n) is 11.5. The predicted octanol–water partition coefficient (Wildman–Crippen LogP) is 4.85. The summed E-state index contributed by atoms with van der Waals surface area (Å²) in [7, 11) is 1.62. The van der Waals surface area contributed by atoms with E-state index in [0.717, 1.165) is 43.8 Å². The molecule has 0 aromatic heterocycles. The van der Waals surface area contributed by atoms with Crippen LogP contribution in [0.3, 0.4) is 0 Å². The number of halogens is 3. The first kappa shape index (κ1) is 25.1. The maximum absolute atomic E-state index is 12.9. The van der Waals surface area contributed by atoms with Crippen molar-refractivity contribution in [2.75, 3.05) is 38.6 Å². The summed E-state index contributed by atoms with van der Waals surface area (Å²) in [6, 6.07) is 13.4. The van der Waals surface area contributed by atoms with Crippen LogP contribution in [0.25, 0.3) is 0 Å². The number of anilines is 1. The van der Waals surface area contributed by atoms with E-state index in [4.69, 9.17) is 17.0 Å². The van der Waals surface area contributed by atoms with Crippen LogP contribution in [0, 0.1) is 5.41 Å². The number of hydrogen-bond acceptors (Lipinski definition) is 4. The number of alkyl halides is 3. The Hall–Kier alpha value is -3.01. The summed E-state index contributed by atoms with van der Waals surface area (Å²) in [6.45, 7) is 2.77. The number of para-hydroxylation sites is 1. The van der Waals surface area contributed by atoms with Crippen LogP contribution in [0.5, 0.6) is 11.5 Å². The molecule has 0 bridgehead atoms. The van der Waals surface area contributed by atoms with E-state index in [9.17, 15) is 18.0 Å². The second-order valence-corrected chi connectivity index (χ2v) is 9.43. The van der Waals surface area contributed by atoms with E-state index in [1.807, 2.05) is 24.3 Å². The number of carbonyl (C=O) groups is 1. The number of carbonyl (C=O) groups excluding carboxylic acids is 1. The fourth-order valence-electron chi connectivity index (χ4n) is 4.79. The highest BCUT2D eigenvalue weighted by molar-refractivity contribution is 7.80. The Kier molecular flexibility index (Phi) is 7.39. The molecule has 2 aliphatic rings. The van der Waals surface area contributed by atoms with Crippen LogP contribution in [0.4, 0.5) is 18.9 Å². The van der Waals surface area contributed by atoms with Gasteiger partial charge in [0.1, 0.15) is 11.5 Å². The van der Waals surface area contributed by atoms with Crippen molar-refractivity contribution < 1.29 is 27.4 Å². The number of thiocarbonyl (C=S) groups is 1. The molecule has 2 saturated heterocycles. The van der Waals surface area contributed by atoms with Crippen LogP contribution < -0.4 is 14.8 Å². The van der Waals surface area contributed by atoms with Gasteiger partial charge in [0.2, 0.25) is 5.91 Å². The van der Waals surface area contributed by atoms with Crippen molar-refractivity contribution in [1.82, 2.24) is 9.80 Å². The van der Waals surface area contributed by atoms with Crippen molar-refractivity contribution in [2.45, 2.75) is 32.0 Å². The molecule has 2 aromatic rings. The van der Waals surface area contributed by atoms with E-state index in [1.54, 1.807) is 18.1 Å². The van der Waals surface area contributed by atoms with Crippen molar-refractivity contribution >= 4 is 28.9 Å². The van der Waals surface area contributed by atoms with Crippen LogP contribution in [-0.2, 0) is 11.2 Å². The third-order valence-corrected chi connectivity index (χ3v) is 7.12. The highest BCUT2D eigenvalue weighted by atomic mass is 32.1. The molecule has 4 rings (SSSR count). The number of likely N-dealkylation sites (tertiary alicyclic amines) is 2. The van der Waals surface area contributed by atoms with E-state index in [0.29, 0.717) is 18.2 Å². The van der Waals surface area contributed by atoms with Gasteiger partial charge in [-0.25, -0.2) is 0 Å². The normalized spacial score (nSPS) is 17.4. The number of ether oxygens (including phenoxy) is 2. The highest BCUT2D eigenvalue weighted by Gasteiger charge is 2.42. The van der Waals surface area contributed by atoms with Gasteiger partial charge < -0.3 is 24.6 Å². The second-order valence-electron chi connectivity index (χ2n) is 9.05. The zero-order valence-electron chi connectivity index (χ0n) is 19.4. The van der Waals surface area contributed by atoms with Crippen LogP contribution >= 0.6 is 12.2 Å². The zero-order chi connectivity index (χ0) is 25.1. The van der Waals surface area contributed by atoms with E-state index in [1.165, 1.54) is 18.2 Å². The molecular weight excluding hydrogens is 479 g/mol. The summed E-state index contributed by atoms with van der Waals surface area (Å²) >= 11 is 5.60. The average molecular weight is 508 g/mol. The second kappa shape index (κ2) is 10.3. The fraction of sp³-hybridized carbons (Fsp3) is 0.440. The number of rotatable bonds is 5. The number of piperidine rings is 1. The van der Waals surface area contributed by atoms with Crippen molar-refractivity contribution in [2.24, 2.45) is 5.41 Å². The summed E-state index contributed by atoms with van der Waals surface area (Å²) in [4.78, 5) is 16.8. The molecule has 2 aromatic carbocycles. The summed E-state index contributed by atoms with van der Waals surface area (Å²) in [5.41, 5.74) is 1.11. The molecule has 10 heteroatoms. The highest BCUT2D eigenvalue weighted by Crippen LogP contribution is 2.41. The lowest BCUT2D eigenvalue weighted by Gasteiger charge is -2.40. The van der Waals surface area contributed by atoms with Gasteiger partial charge >= 0.3 is 6.36 Å². The Balaban J connectivity index is 1.30. The van der Waals surface area contributed by atoms with E-state index >= 15 is 0 Å². The first-order valence-corrected chi connectivity index (χ1v) is 11.9. The van der Waals surface area contributed by atoms with Crippen LogP contribution in [0.2, 0.25) is 0 Å². The van der Waals surface area contributed by atoms with Crippen LogP contribution in [-0.4, -0.2) is 60.5 Å². The SMILES string of the molecule is COc1cccc(NC(=S)N2CCC3(CCN(C(=O)Cc4ccccc4OC(F)(F)F)C3)CC2)c1. The number of hydrogen-bond donors (Lipinski definition) is 1. The lowest BCUT2D eigenvalue weighted by molar-refractivity contribution is -0.274. The number of benzene rings is 2. The average Bonchev–Trinajstić information content (AvgIpc) is 3.23. The van der Waals surface area contributed by atoms with Gasteiger partial charge in [-0.2, -0.15) is 0 Å². The summed E-state index contributed by atoms with van der Waals surface area (Å²) in [5.74, 6) is 0.240. The Morgan fingerprint density at radius 2 is 1.74 bits per heavy atom. The lowest BCUT2D eigenvalue weighted by atomic mass is 9.78. The molecule has 0 aliphatic carbocycles. The molecule has 0 saturated carbocycles. The summed E-state index contributed by atoms with van der Waals surface area (Å²) in [5, 5.41) is 3.91. The topological polar surface area (TPSA) is 54.0 Å². The number of methoxy groups -OCH3 is 1. The zero-order valence-corrected chi connectivity index (χ0v) is 20.3. The predicted molar refractivity (Wildman–Crippen MR) is 130 cm³/mol. The van der Waals surface area contributed by atoms with Gasteiger partial charge in [-0.1, -0.05) is 24.3 Å². The summed E-state index contributed by atoms with van der Waals surface area (Å²) in [6.07, 6.45) is -2.26. The molecule has 2 heterocycles. The Bertz CT molecular complexity index is 1070. The van der Waals surface area contributed by atoms with E-state index in [-0.39, 0.29) is 29.1 Å². The van der Waals surface area contributed by atoms with Crippen molar-refractivity contribution in [3.05, 3.63) is 54.1 Å². The van der Waals surface area contributed by atoms with Gasteiger partial charge in [-0.3, -0.25) is 4.79 Å². The number of nitrogens with zero attached hydrogens (tertiary/aromatic N) is 2. The molecule has 1 spiro atoms. The smallest absolute Gasteiger partial charge is 0.497 e. The van der Waals surface area contributed by atoms with Gasteiger partial charge in [0, 0.05) is 43.5 Å². The summed E-state index contributed by atoms with van der Waals surface area (Å²) < 4.78 is 47.5. The van der Waals surface area contributed by atoms with Gasteiger partial charge in [0.25, 0.3) is 0 Å². The Morgan fingerprint density at radius 3 is 2.43 bits per heavy atom. The molecule has 6 nitrogen and oxygen atoms in total. The molecule has 0 radical (unpaired) electrons. The minimum Gasteiger partial charge on any atom is -0.497 e. The van der Waals surface area contributed by atoms with Gasteiger partial charge in [0.15, 0.2) is 5.11 Å². The minimum absolute atomic E-state index is 0.0136. The Labute approximate surface area is 208 Å². The molecule has 35 heavy (non-hydrogen) atoms. The minimum atomic E-state index is -4.80. The Morgan fingerprint density at radius 1 is 1.06 bits per heavy atom. The molecule has 1 N–H and O–H groups in total. The quantitative estimate of drug-likeness (QED) is 0.585. The number of amides is 1. The van der Waals surface area contributed by atoms with Gasteiger partial charge in [-0.15, -0.1) is 13.2 Å². The molecule has 0 unspecified atom stereocenters. The monoisotopic (exact) mass is 507 g/mol. The fourth-order valence-corrected chi connectivity index (χ4v) is 5.09. The third-order valence-electron chi connectivity index (χ3n) is 6.76. The van der Waals surface area contributed by atoms with Crippen molar-refractivity contribution in [1.29, 1.82) is 0 Å². The maximum atomic E-state index is 12.9. The van der Waals surface area contributed by atoms with Gasteiger partial charge in [0.05, 0.1) is 13.5 Å². The molecular formula is C25H28F3N3O3S. The third kappa shape index (κ3) is 6.36.